The highest BCUT2D eigenvalue weighted by molar-refractivity contribution is 14.0. The first-order chi connectivity index (χ1) is 10.2. The molecular weight excluding hydrogens is 393 g/mol. The van der Waals surface area contributed by atoms with E-state index in [1.165, 1.54) is 25.7 Å². The molecule has 2 saturated carbocycles. The smallest absolute Gasteiger partial charge is 0.191 e. The minimum Gasteiger partial charge on any atom is -0.396 e. The van der Waals surface area contributed by atoms with Gasteiger partial charge in [-0.15, -0.1) is 24.0 Å². The summed E-state index contributed by atoms with van der Waals surface area (Å²) in [6, 6.07) is 0. The van der Waals surface area contributed by atoms with Crippen LogP contribution in [0.2, 0.25) is 0 Å². The lowest BCUT2D eigenvalue weighted by Crippen LogP contribution is -2.46. The van der Waals surface area contributed by atoms with Gasteiger partial charge < -0.3 is 20.5 Å². The number of aliphatic hydroxyl groups is 1. The van der Waals surface area contributed by atoms with Crippen LogP contribution in [0.5, 0.6) is 0 Å². The zero-order valence-electron chi connectivity index (χ0n) is 13.6. The summed E-state index contributed by atoms with van der Waals surface area (Å²) in [5, 5.41) is 16.2. The first-order valence-corrected chi connectivity index (χ1v) is 8.35. The number of rotatable bonds is 7. The Kier molecular flexibility index (Phi) is 6.36. The summed E-state index contributed by atoms with van der Waals surface area (Å²) in [5.74, 6) is 1.86. The van der Waals surface area contributed by atoms with Gasteiger partial charge in [-0.1, -0.05) is 0 Å². The quantitative estimate of drug-likeness (QED) is 0.332. The largest absolute Gasteiger partial charge is 0.396 e. The lowest BCUT2D eigenvalue weighted by atomic mass is 9.84. The maximum absolute atomic E-state index is 9.27. The Labute approximate surface area is 150 Å². The Bertz CT molecular complexity index is 389. The Balaban J connectivity index is 0.00000176. The highest BCUT2D eigenvalue weighted by Crippen LogP contribution is 2.60. The van der Waals surface area contributed by atoms with E-state index in [-0.39, 0.29) is 36.0 Å². The average molecular weight is 423 g/mol. The molecule has 0 aromatic heterocycles. The number of nitrogens with zero attached hydrogens (tertiary/aromatic N) is 1. The normalized spacial score (nSPS) is 29.8. The van der Waals surface area contributed by atoms with E-state index < -0.39 is 0 Å². The highest BCUT2D eigenvalue weighted by Gasteiger charge is 2.53. The van der Waals surface area contributed by atoms with Crippen LogP contribution in [0.15, 0.2) is 4.99 Å². The lowest BCUT2D eigenvalue weighted by Gasteiger charge is -2.28. The van der Waals surface area contributed by atoms with Gasteiger partial charge in [-0.3, -0.25) is 4.99 Å². The molecule has 0 radical (unpaired) electrons. The van der Waals surface area contributed by atoms with Crippen LogP contribution in [-0.2, 0) is 4.74 Å². The molecule has 0 spiro atoms. The number of aliphatic imine (C=N–C) groups is 1. The van der Waals surface area contributed by atoms with Crippen LogP contribution in [0.1, 0.15) is 38.5 Å². The second-order valence-electron chi connectivity index (χ2n) is 7.19. The van der Waals surface area contributed by atoms with E-state index in [4.69, 9.17) is 4.74 Å². The van der Waals surface area contributed by atoms with Crippen LogP contribution in [0.3, 0.4) is 0 Å². The summed E-state index contributed by atoms with van der Waals surface area (Å²) in [5.41, 5.74) is 0.650. The van der Waals surface area contributed by atoms with Crippen molar-refractivity contribution in [1.82, 2.24) is 10.6 Å². The Hall–Kier alpha value is -0.0800. The van der Waals surface area contributed by atoms with Crippen LogP contribution >= 0.6 is 24.0 Å². The third-order valence-corrected chi connectivity index (χ3v) is 5.63. The predicted molar refractivity (Wildman–Crippen MR) is 98.7 cm³/mol. The number of hydrogen-bond donors (Lipinski definition) is 3. The molecule has 128 valence electrons. The number of nitrogens with one attached hydrogen (secondary N) is 2. The molecule has 0 aromatic carbocycles. The second kappa shape index (κ2) is 7.66. The van der Waals surface area contributed by atoms with Gasteiger partial charge in [-0.2, -0.15) is 0 Å². The zero-order valence-corrected chi connectivity index (χ0v) is 15.9. The van der Waals surface area contributed by atoms with Gasteiger partial charge in [0.15, 0.2) is 5.96 Å². The number of halogens is 1. The van der Waals surface area contributed by atoms with Crippen molar-refractivity contribution in [3.05, 3.63) is 0 Å². The van der Waals surface area contributed by atoms with Crippen molar-refractivity contribution in [2.75, 3.05) is 40.0 Å². The van der Waals surface area contributed by atoms with Gasteiger partial charge in [0.1, 0.15) is 0 Å². The zero-order chi connectivity index (χ0) is 14.8. The fraction of sp³-hybridized carbons (Fsp3) is 0.938. The molecule has 1 saturated heterocycles. The summed E-state index contributed by atoms with van der Waals surface area (Å²) in [4.78, 5) is 4.34. The third kappa shape index (κ3) is 4.26. The molecule has 6 heteroatoms. The molecule has 3 rings (SSSR count). The molecule has 0 amide bonds. The van der Waals surface area contributed by atoms with E-state index >= 15 is 0 Å². The van der Waals surface area contributed by atoms with Gasteiger partial charge >= 0.3 is 0 Å². The predicted octanol–water partition coefficient (Wildman–Crippen LogP) is 1.75. The minimum atomic E-state index is 0. The van der Waals surface area contributed by atoms with Crippen LogP contribution in [-0.4, -0.2) is 51.0 Å². The summed E-state index contributed by atoms with van der Waals surface area (Å²) >= 11 is 0. The SMILES string of the molecule is CN=C(NCC1(CCO)CCOC1)NCC1(C2CC2)CC1.I. The Morgan fingerprint density at radius 1 is 1.23 bits per heavy atom. The second-order valence-corrected chi connectivity index (χ2v) is 7.19. The van der Waals surface area contributed by atoms with Crippen LogP contribution in [0.4, 0.5) is 0 Å². The van der Waals surface area contributed by atoms with Gasteiger partial charge in [0, 0.05) is 38.8 Å². The topological polar surface area (TPSA) is 65.9 Å². The number of aliphatic hydroxyl groups excluding tert-OH is 1. The molecule has 1 aliphatic heterocycles. The fourth-order valence-corrected chi connectivity index (χ4v) is 3.65. The molecule has 22 heavy (non-hydrogen) atoms. The van der Waals surface area contributed by atoms with Crippen LogP contribution < -0.4 is 10.6 Å². The van der Waals surface area contributed by atoms with Crippen molar-refractivity contribution >= 4 is 29.9 Å². The minimum absolute atomic E-state index is 0. The highest BCUT2D eigenvalue weighted by atomic mass is 127. The van der Waals surface area contributed by atoms with Gasteiger partial charge in [0.2, 0.25) is 0 Å². The van der Waals surface area contributed by atoms with Gasteiger partial charge in [-0.05, 0) is 49.9 Å². The van der Waals surface area contributed by atoms with Crippen molar-refractivity contribution in [3.63, 3.8) is 0 Å². The fourth-order valence-electron chi connectivity index (χ4n) is 3.65. The van der Waals surface area contributed by atoms with Gasteiger partial charge in [0.25, 0.3) is 0 Å². The van der Waals surface area contributed by atoms with Crippen LogP contribution in [0, 0.1) is 16.7 Å². The first-order valence-electron chi connectivity index (χ1n) is 8.35. The third-order valence-electron chi connectivity index (χ3n) is 5.63. The Morgan fingerprint density at radius 3 is 2.45 bits per heavy atom. The maximum Gasteiger partial charge on any atom is 0.191 e. The molecule has 1 unspecified atom stereocenters. The number of guanidine groups is 1. The molecule has 1 atom stereocenters. The molecule has 3 N–H and O–H groups in total. The van der Waals surface area contributed by atoms with Crippen LogP contribution in [0.25, 0.3) is 0 Å². The van der Waals surface area contributed by atoms with Gasteiger partial charge in [-0.25, -0.2) is 0 Å². The molecule has 0 aromatic rings. The number of ether oxygens (including phenoxy) is 1. The summed E-state index contributed by atoms with van der Waals surface area (Å²) < 4.78 is 5.53. The van der Waals surface area contributed by atoms with E-state index in [1.54, 1.807) is 0 Å². The van der Waals surface area contributed by atoms with Crippen molar-refractivity contribution in [3.8, 4) is 0 Å². The molecule has 2 aliphatic carbocycles. The van der Waals surface area contributed by atoms with E-state index in [0.717, 1.165) is 51.0 Å². The summed E-state index contributed by atoms with van der Waals surface area (Å²) in [7, 11) is 1.83. The monoisotopic (exact) mass is 423 g/mol. The summed E-state index contributed by atoms with van der Waals surface area (Å²) in [6.07, 6.45) is 7.41. The molecular formula is C16H30IN3O2. The van der Waals surface area contributed by atoms with Gasteiger partial charge in [0.05, 0.1) is 6.61 Å². The molecule has 0 bridgehead atoms. The van der Waals surface area contributed by atoms with Crippen molar-refractivity contribution < 1.29 is 9.84 Å². The Morgan fingerprint density at radius 2 is 1.95 bits per heavy atom. The lowest BCUT2D eigenvalue weighted by molar-refractivity contribution is 0.127. The molecule has 5 nitrogen and oxygen atoms in total. The van der Waals surface area contributed by atoms with E-state index in [9.17, 15) is 5.11 Å². The molecule has 1 heterocycles. The molecule has 3 fully saturated rings. The summed E-state index contributed by atoms with van der Waals surface area (Å²) in [6.45, 7) is 3.65. The van der Waals surface area contributed by atoms with Crippen molar-refractivity contribution in [2.45, 2.75) is 38.5 Å². The first kappa shape index (κ1) is 18.3. The number of hydrogen-bond acceptors (Lipinski definition) is 3. The maximum atomic E-state index is 9.27. The van der Waals surface area contributed by atoms with E-state index in [2.05, 4.69) is 15.6 Å². The van der Waals surface area contributed by atoms with E-state index in [1.807, 2.05) is 7.05 Å². The van der Waals surface area contributed by atoms with E-state index in [0.29, 0.717) is 5.41 Å². The standard InChI is InChI=1S/C16H29N3O2.HI/c1-17-14(19-11-16(4-5-16)13-2-3-13)18-10-15(6-8-20)7-9-21-12-15;/h13,20H,2-12H2,1H3,(H2,17,18,19);1H. The van der Waals surface area contributed by atoms with Crippen molar-refractivity contribution in [1.29, 1.82) is 0 Å². The average Bonchev–Trinajstić information content (AvgIpc) is 3.39. The van der Waals surface area contributed by atoms with Crippen molar-refractivity contribution in [2.24, 2.45) is 21.7 Å². The molecule has 3 aliphatic rings.